The summed E-state index contributed by atoms with van der Waals surface area (Å²) in [4.78, 5) is 21.9. The van der Waals surface area contributed by atoms with Crippen LogP contribution in [0, 0.1) is 10.1 Å². The van der Waals surface area contributed by atoms with Crippen LogP contribution < -0.4 is 14.2 Å². The number of carboxylic acids is 1. The number of rotatable bonds is 9. The zero-order chi connectivity index (χ0) is 24.1. The summed E-state index contributed by atoms with van der Waals surface area (Å²) in [6.07, 6.45) is 1.04. The fourth-order valence-corrected chi connectivity index (χ4v) is 3.32. The van der Waals surface area contributed by atoms with Crippen LogP contribution in [-0.2, 0) is 4.79 Å². The molecule has 33 heavy (non-hydrogen) atoms. The lowest BCUT2D eigenvalue weighted by molar-refractivity contribution is -0.385. The molecule has 0 amide bonds. The first-order valence-corrected chi connectivity index (χ1v) is 9.82. The summed E-state index contributed by atoms with van der Waals surface area (Å²) in [5.74, 6) is -0.975. The van der Waals surface area contributed by atoms with Gasteiger partial charge in [-0.15, -0.1) is 10.2 Å². The van der Waals surface area contributed by atoms with Crippen molar-refractivity contribution in [1.82, 2.24) is 10.2 Å². The van der Waals surface area contributed by atoms with Gasteiger partial charge in [-0.25, -0.2) is 4.79 Å². The molecule has 1 aromatic heterocycles. The molecule has 2 N–H and O–H groups in total. The molecule has 0 radical (unpaired) electrons. The Morgan fingerprint density at radius 3 is 2.30 bits per heavy atom. The van der Waals surface area contributed by atoms with Crippen molar-refractivity contribution >= 4 is 29.5 Å². The highest BCUT2D eigenvalue weighted by Crippen LogP contribution is 2.38. The maximum atomic E-state index is 11.8. The molecular weight excluding hydrogens is 458 g/mol. The lowest BCUT2D eigenvalue weighted by Gasteiger charge is -2.07. The van der Waals surface area contributed by atoms with E-state index in [0.717, 1.165) is 18.2 Å². The Morgan fingerprint density at radius 2 is 1.76 bits per heavy atom. The Balaban J connectivity index is 1.97. The van der Waals surface area contributed by atoms with Crippen molar-refractivity contribution in [2.45, 2.75) is 5.22 Å². The van der Waals surface area contributed by atoms with E-state index >= 15 is 0 Å². The fourth-order valence-electron chi connectivity index (χ4n) is 2.65. The molecule has 1 heterocycles. The fraction of sp³-hybridized carbons (Fsp3) is 0.150. The van der Waals surface area contributed by atoms with E-state index in [0.29, 0.717) is 28.8 Å². The molecule has 12 nitrogen and oxygen atoms in total. The predicted molar refractivity (Wildman–Crippen MR) is 116 cm³/mol. The number of benzene rings is 2. The van der Waals surface area contributed by atoms with Gasteiger partial charge >= 0.3 is 5.97 Å². The van der Waals surface area contributed by atoms with Gasteiger partial charge < -0.3 is 28.8 Å². The molecule has 0 aliphatic rings. The molecule has 172 valence electrons. The van der Waals surface area contributed by atoms with Gasteiger partial charge in [0.05, 0.1) is 32.3 Å². The van der Waals surface area contributed by atoms with Crippen LogP contribution in [0.3, 0.4) is 0 Å². The second-order valence-electron chi connectivity index (χ2n) is 6.23. The third-order valence-corrected chi connectivity index (χ3v) is 5.07. The summed E-state index contributed by atoms with van der Waals surface area (Å²) in [5.41, 5.74) is -0.0478. The van der Waals surface area contributed by atoms with Gasteiger partial charge in [0.15, 0.2) is 11.5 Å². The minimum Gasteiger partial charge on any atom is -0.504 e. The van der Waals surface area contributed by atoms with E-state index in [-0.39, 0.29) is 27.3 Å². The van der Waals surface area contributed by atoms with Gasteiger partial charge in [-0.3, -0.25) is 10.1 Å². The maximum absolute atomic E-state index is 11.8. The van der Waals surface area contributed by atoms with Crippen LogP contribution in [0.4, 0.5) is 5.69 Å². The molecule has 3 aromatic rings. The number of carboxylic acid groups (broad SMARTS) is 1. The lowest BCUT2D eigenvalue weighted by atomic mass is 10.1. The average Bonchev–Trinajstić information content (AvgIpc) is 3.27. The van der Waals surface area contributed by atoms with Crippen LogP contribution >= 0.6 is 11.8 Å². The van der Waals surface area contributed by atoms with Crippen molar-refractivity contribution in [2.75, 3.05) is 21.3 Å². The number of nitro benzene ring substituents is 1. The number of methoxy groups -OCH3 is 3. The van der Waals surface area contributed by atoms with Gasteiger partial charge in [-0.1, -0.05) is 0 Å². The van der Waals surface area contributed by atoms with Crippen molar-refractivity contribution < 1.29 is 38.6 Å². The number of non-ortho nitro benzene ring substituents is 1. The quantitative estimate of drug-likeness (QED) is 0.200. The molecule has 0 aliphatic carbocycles. The number of nitro groups is 1. The largest absolute Gasteiger partial charge is 0.504 e. The summed E-state index contributed by atoms with van der Waals surface area (Å²) in [6, 6.07) is 6.95. The number of thioether (sulfide) groups is 1. The van der Waals surface area contributed by atoms with E-state index in [9.17, 15) is 25.1 Å². The highest BCUT2D eigenvalue weighted by atomic mass is 32.2. The zero-order valence-electron chi connectivity index (χ0n) is 17.5. The minimum absolute atomic E-state index is 0.0827. The standard InChI is InChI=1S/C20H17N3O9S/c1-29-13-5-11(6-14(9-13)30-2)18-21-22-20(32-18)33-16(19(25)26)7-10-4-12(23(27)28)8-15(31-3)17(10)24/h4-9,24H,1-3H3,(H,25,26)/b16-7+. The van der Waals surface area contributed by atoms with Crippen molar-refractivity contribution in [2.24, 2.45) is 0 Å². The second-order valence-corrected chi connectivity index (χ2v) is 7.23. The number of hydrogen-bond acceptors (Lipinski definition) is 11. The number of hydrogen-bond donors (Lipinski definition) is 2. The molecule has 0 unspecified atom stereocenters. The number of phenols is 1. The molecule has 0 saturated carbocycles. The van der Waals surface area contributed by atoms with E-state index in [1.165, 1.54) is 21.3 Å². The molecule has 3 rings (SSSR count). The lowest BCUT2D eigenvalue weighted by Crippen LogP contribution is -1.98. The first-order valence-electron chi connectivity index (χ1n) is 9.01. The Morgan fingerprint density at radius 1 is 1.09 bits per heavy atom. The van der Waals surface area contributed by atoms with Crippen molar-refractivity contribution in [3.8, 4) is 34.5 Å². The molecule has 0 aliphatic heterocycles. The first kappa shape index (κ1) is 23.4. The van der Waals surface area contributed by atoms with Crippen LogP contribution in [0.25, 0.3) is 17.5 Å². The zero-order valence-corrected chi connectivity index (χ0v) is 18.3. The molecular formula is C20H17N3O9S. The highest BCUT2D eigenvalue weighted by molar-refractivity contribution is 8.03. The van der Waals surface area contributed by atoms with E-state index in [1.807, 2.05) is 0 Å². The highest BCUT2D eigenvalue weighted by Gasteiger charge is 2.20. The number of carbonyl (C=O) groups is 1. The monoisotopic (exact) mass is 475 g/mol. The Kier molecular flexibility index (Phi) is 7.03. The van der Waals surface area contributed by atoms with Crippen LogP contribution in [0.2, 0.25) is 0 Å². The van der Waals surface area contributed by atoms with Gasteiger partial charge in [0.1, 0.15) is 16.4 Å². The van der Waals surface area contributed by atoms with Crippen molar-refractivity contribution in [3.05, 3.63) is 50.9 Å². The number of phenolic OH excluding ortho intramolecular Hbond substituents is 1. The molecule has 0 saturated heterocycles. The molecule has 0 fully saturated rings. The molecule has 0 spiro atoms. The van der Waals surface area contributed by atoms with Gasteiger partial charge in [0.2, 0.25) is 5.89 Å². The molecule has 0 atom stereocenters. The molecule has 0 bridgehead atoms. The summed E-state index contributed by atoms with van der Waals surface area (Å²) in [6.45, 7) is 0. The molecule has 13 heteroatoms. The van der Waals surface area contributed by atoms with Gasteiger partial charge in [-0.05, 0) is 30.0 Å². The number of aliphatic carboxylic acids is 1. The number of ether oxygens (including phenoxy) is 3. The van der Waals surface area contributed by atoms with Gasteiger partial charge in [0.25, 0.3) is 10.9 Å². The van der Waals surface area contributed by atoms with E-state index in [1.54, 1.807) is 18.2 Å². The Hall–Kier alpha value is -4.26. The predicted octanol–water partition coefficient (Wildman–Crippen LogP) is 3.59. The number of nitrogens with zero attached hydrogens (tertiary/aromatic N) is 3. The van der Waals surface area contributed by atoms with Crippen molar-refractivity contribution in [3.63, 3.8) is 0 Å². The molecule has 2 aromatic carbocycles. The van der Waals surface area contributed by atoms with Gasteiger partial charge in [0, 0.05) is 23.3 Å². The number of aromatic nitrogens is 2. The average molecular weight is 475 g/mol. The first-order chi connectivity index (χ1) is 15.7. The van der Waals surface area contributed by atoms with Crippen molar-refractivity contribution in [1.29, 1.82) is 0 Å². The summed E-state index contributed by atoms with van der Waals surface area (Å²) < 4.78 is 20.9. The Bertz CT molecular complexity index is 1220. The third-order valence-electron chi connectivity index (χ3n) is 4.22. The SMILES string of the molecule is COc1cc(OC)cc(-c2nnc(S/C(=C/c3cc([N+](=O)[O-])cc(OC)c3O)C(=O)O)o2)c1. The Labute approximate surface area is 190 Å². The topological polar surface area (TPSA) is 167 Å². The van der Waals surface area contributed by atoms with Crippen LogP contribution in [0.1, 0.15) is 5.56 Å². The van der Waals surface area contributed by atoms with E-state index in [4.69, 9.17) is 18.6 Å². The summed E-state index contributed by atoms with van der Waals surface area (Å²) in [5, 5.41) is 38.6. The van der Waals surface area contributed by atoms with Crippen LogP contribution in [0.5, 0.6) is 23.0 Å². The number of aromatic hydroxyl groups is 1. The summed E-state index contributed by atoms with van der Waals surface area (Å²) in [7, 11) is 4.18. The smallest absolute Gasteiger partial charge is 0.342 e. The van der Waals surface area contributed by atoms with Gasteiger partial charge in [-0.2, -0.15) is 0 Å². The van der Waals surface area contributed by atoms with Crippen LogP contribution in [0.15, 0.2) is 44.9 Å². The normalized spacial score (nSPS) is 11.2. The van der Waals surface area contributed by atoms with Crippen LogP contribution in [-0.4, -0.2) is 52.6 Å². The maximum Gasteiger partial charge on any atom is 0.342 e. The summed E-state index contributed by atoms with van der Waals surface area (Å²) >= 11 is 0.600. The minimum atomic E-state index is -1.38. The second kappa shape index (κ2) is 9.91. The third kappa shape index (κ3) is 5.33. The van der Waals surface area contributed by atoms with E-state index in [2.05, 4.69) is 10.2 Å². The van der Waals surface area contributed by atoms with E-state index < -0.39 is 22.3 Å².